The smallest absolute Gasteiger partial charge is 0.214 e. The minimum Gasteiger partial charge on any atom is -0.214 e. The van der Waals surface area contributed by atoms with E-state index >= 15 is 0 Å². The van der Waals surface area contributed by atoms with Crippen molar-refractivity contribution in [1.82, 2.24) is 0 Å². The summed E-state index contributed by atoms with van der Waals surface area (Å²) in [5.74, 6) is 12.7. The van der Waals surface area contributed by atoms with Crippen molar-refractivity contribution in [2.45, 2.75) is 0 Å². The predicted octanol–water partition coefficient (Wildman–Crippen LogP) is 6.73. The van der Waals surface area contributed by atoms with Crippen molar-refractivity contribution in [1.29, 1.82) is 0 Å². The van der Waals surface area contributed by atoms with Gasteiger partial charge in [-0.05, 0) is 11.1 Å². The van der Waals surface area contributed by atoms with E-state index in [9.17, 15) is 0 Å². The Morgan fingerprint density at radius 1 is 0.469 bits per heavy atom. The standard InChI is InChI=1S/C20H12.2C5H5.2Fe/c1-2-8-17(7-1)13-15-19-11-5-6-12-20(19)16-14-18-9-3-4-10-18;2*1-2-4-5-3-1;;/h1-12H;2*1-5H;;/q-2;2*-1;2*+2. The molecule has 5 rings (SSSR count). The molecule has 5 aromatic carbocycles. The molecule has 5 aromatic rings. The Morgan fingerprint density at radius 2 is 0.812 bits per heavy atom. The molecular formula is C30H22Fe2. The van der Waals surface area contributed by atoms with E-state index in [-0.39, 0.29) is 34.1 Å². The summed E-state index contributed by atoms with van der Waals surface area (Å²) >= 11 is 0. The molecule has 0 aromatic heterocycles. The van der Waals surface area contributed by atoms with Crippen molar-refractivity contribution in [3.8, 4) is 23.7 Å². The van der Waals surface area contributed by atoms with Crippen LogP contribution in [0, 0.1) is 23.7 Å². The summed E-state index contributed by atoms with van der Waals surface area (Å²) in [4.78, 5) is 0. The zero-order valence-electron chi connectivity index (χ0n) is 17.4. The maximum atomic E-state index is 3.19. The summed E-state index contributed by atoms with van der Waals surface area (Å²) in [6.07, 6.45) is 0. The molecule has 0 unspecified atom stereocenters. The molecular weight excluding hydrogens is 472 g/mol. The molecule has 0 aliphatic rings. The van der Waals surface area contributed by atoms with E-state index in [0.29, 0.717) is 0 Å². The van der Waals surface area contributed by atoms with Gasteiger partial charge in [0.1, 0.15) is 0 Å². The monoisotopic (exact) mass is 494 g/mol. The summed E-state index contributed by atoms with van der Waals surface area (Å²) in [6, 6.07) is 44.0. The summed E-state index contributed by atoms with van der Waals surface area (Å²) in [7, 11) is 0. The van der Waals surface area contributed by atoms with Gasteiger partial charge >= 0.3 is 34.1 Å². The second-order valence-corrected chi connectivity index (χ2v) is 6.32. The van der Waals surface area contributed by atoms with Crippen molar-refractivity contribution in [2.75, 3.05) is 0 Å². The summed E-state index contributed by atoms with van der Waals surface area (Å²) < 4.78 is 0. The number of benzene rings is 1. The Balaban J connectivity index is 0.000000353. The van der Waals surface area contributed by atoms with Crippen molar-refractivity contribution in [2.24, 2.45) is 0 Å². The Kier molecular flexibility index (Phi) is 13.8. The molecule has 2 heteroatoms. The third-order valence-electron chi connectivity index (χ3n) is 4.05. The minimum atomic E-state index is 0. The number of hydrogen-bond acceptors (Lipinski definition) is 0. The summed E-state index contributed by atoms with van der Waals surface area (Å²) in [5, 5.41) is 0. The Hall–Kier alpha value is -3.22. The van der Waals surface area contributed by atoms with Gasteiger partial charge in [0.2, 0.25) is 0 Å². The average molecular weight is 494 g/mol. The quantitative estimate of drug-likeness (QED) is 0.127. The molecule has 32 heavy (non-hydrogen) atoms. The van der Waals surface area contributed by atoms with Crippen LogP contribution in [0.2, 0.25) is 0 Å². The Bertz CT molecular complexity index is 1040. The fourth-order valence-corrected chi connectivity index (χ4v) is 2.54. The SMILES string of the molecule is C(#C[c-]1cccc1)c1ccccc1C#C[c-]1cccc1.[Fe+2].[Fe+2].c1cc[cH-]c1.c1cc[cH-]c1. The second kappa shape index (κ2) is 16.5. The van der Waals surface area contributed by atoms with Gasteiger partial charge in [-0.25, -0.2) is 24.3 Å². The van der Waals surface area contributed by atoms with Gasteiger partial charge in [-0.2, -0.15) is 84.3 Å². The van der Waals surface area contributed by atoms with E-state index in [1.807, 2.05) is 133 Å². The molecule has 0 radical (unpaired) electrons. The van der Waals surface area contributed by atoms with Gasteiger partial charge in [0.25, 0.3) is 0 Å². The largest absolute Gasteiger partial charge is 2.00 e. The molecule has 0 amide bonds. The van der Waals surface area contributed by atoms with Crippen LogP contribution in [0.4, 0.5) is 0 Å². The van der Waals surface area contributed by atoms with Crippen molar-refractivity contribution in [3.05, 3.63) is 156 Å². The van der Waals surface area contributed by atoms with Crippen LogP contribution in [-0.2, 0) is 34.1 Å². The first kappa shape index (κ1) is 26.8. The molecule has 0 atom stereocenters. The van der Waals surface area contributed by atoms with Crippen LogP contribution >= 0.6 is 0 Å². The van der Waals surface area contributed by atoms with Crippen LogP contribution in [0.1, 0.15) is 22.3 Å². The third-order valence-corrected chi connectivity index (χ3v) is 4.05. The normalized spacial score (nSPS) is 8.25. The van der Waals surface area contributed by atoms with Crippen LogP contribution in [0.3, 0.4) is 0 Å². The Morgan fingerprint density at radius 3 is 1.09 bits per heavy atom. The first-order chi connectivity index (χ1) is 14.9. The van der Waals surface area contributed by atoms with E-state index in [0.717, 1.165) is 22.3 Å². The molecule has 0 fully saturated rings. The summed E-state index contributed by atoms with van der Waals surface area (Å²) in [6.45, 7) is 0. The molecule has 0 saturated heterocycles. The maximum absolute atomic E-state index is 3.19. The molecule has 0 nitrogen and oxygen atoms in total. The van der Waals surface area contributed by atoms with Crippen molar-refractivity contribution >= 4 is 0 Å². The minimum absolute atomic E-state index is 0. The molecule has 0 heterocycles. The predicted molar refractivity (Wildman–Crippen MR) is 127 cm³/mol. The van der Waals surface area contributed by atoms with E-state index in [4.69, 9.17) is 0 Å². The first-order valence-electron chi connectivity index (χ1n) is 9.82. The fourth-order valence-electron chi connectivity index (χ4n) is 2.54. The van der Waals surface area contributed by atoms with E-state index < -0.39 is 0 Å². The van der Waals surface area contributed by atoms with E-state index in [2.05, 4.69) is 23.7 Å². The van der Waals surface area contributed by atoms with Gasteiger partial charge in [0.15, 0.2) is 0 Å². The van der Waals surface area contributed by atoms with Gasteiger partial charge < -0.3 is 0 Å². The van der Waals surface area contributed by atoms with Gasteiger partial charge in [-0.1, -0.05) is 35.4 Å². The topological polar surface area (TPSA) is 0 Å². The van der Waals surface area contributed by atoms with E-state index in [1.54, 1.807) is 0 Å². The molecule has 0 bridgehead atoms. The molecule has 0 spiro atoms. The fraction of sp³-hybridized carbons (Fsp3) is 0. The van der Waals surface area contributed by atoms with Gasteiger partial charge in [-0.15, -0.1) is 24.3 Å². The number of rotatable bonds is 0. The second-order valence-electron chi connectivity index (χ2n) is 6.32. The van der Waals surface area contributed by atoms with Crippen LogP contribution in [-0.4, -0.2) is 0 Å². The molecule has 0 saturated carbocycles. The summed E-state index contributed by atoms with van der Waals surface area (Å²) in [5.41, 5.74) is 3.99. The van der Waals surface area contributed by atoms with Crippen LogP contribution in [0.5, 0.6) is 0 Å². The van der Waals surface area contributed by atoms with Gasteiger partial charge in [-0.3, -0.25) is 0 Å². The maximum Gasteiger partial charge on any atom is 2.00 e. The molecule has 0 N–H and O–H groups in total. The number of hydrogen-bond donors (Lipinski definition) is 0. The average Bonchev–Trinajstić information content (AvgIpc) is 3.63. The van der Waals surface area contributed by atoms with Gasteiger partial charge in [0, 0.05) is 0 Å². The zero-order chi connectivity index (χ0) is 20.7. The molecule has 0 aliphatic heterocycles. The molecule has 0 aliphatic carbocycles. The van der Waals surface area contributed by atoms with Crippen molar-refractivity contribution in [3.63, 3.8) is 0 Å². The molecule has 158 valence electrons. The van der Waals surface area contributed by atoms with E-state index in [1.165, 1.54) is 0 Å². The Labute approximate surface area is 212 Å². The van der Waals surface area contributed by atoms with Crippen LogP contribution in [0.15, 0.2) is 133 Å². The van der Waals surface area contributed by atoms with Crippen LogP contribution in [0.25, 0.3) is 0 Å². The zero-order valence-corrected chi connectivity index (χ0v) is 19.6. The van der Waals surface area contributed by atoms with Gasteiger partial charge in [0.05, 0.1) is 0 Å². The van der Waals surface area contributed by atoms with Crippen LogP contribution < -0.4 is 0 Å². The third kappa shape index (κ3) is 10.2. The first-order valence-corrected chi connectivity index (χ1v) is 9.82. The van der Waals surface area contributed by atoms with Crippen molar-refractivity contribution < 1.29 is 34.1 Å².